The minimum atomic E-state index is -0.457. The zero-order valence-corrected chi connectivity index (χ0v) is 10.0. The van der Waals surface area contributed by atoms with Gasteiger partial charge in [0.25, 0.3) is 0 Å². The third kappa shape index (κ3) is 2.58. The van der Waals surface area contributed by atoms with Crippen LogP contribution in [0, 0.1) is 18.6 Å². The van der Waals surface area contributed by atoms with E-state index in [9.17, 15) is 8.78 Å². The third-order valence-electron chi connectivity index (χ3n) is 2.35. The van der Waals surface area contributed by atoms with Crippen LogP contribution in [-0.2, 0) is 0 Å². The lowest BCUT2D eigenvalue weighted by atomic mass is 10.2. The van der Waals surface area contributed by atoms with Crippen molar-refractivity contribution in [2.24, 2.45) is 0 Å². The third-order valence-corrected chi connectivity index (χ3v) is 3.64. The van der Waals surface area contributed by atoms with Crippen molar-refractivity contribution in [2.75, 3.05) is 5.73 Å². The van der Waals surface area contributed by atoms with Gasteiger partial charge in [0.15, 0.2) is 0 Å². The highest BCUT2D eigenvalue weighted by molar-refractivity contribution is 7.99. The molecule has 0 aromatic heterocycles. The minimum Gasteiger partial charge on any atom is -0.398 e. The fraction of sp³-hybridized carbons (Fsp3) is 0.0769. The Morgan fingerprint density at radius 1 is 1.12 bits per heavy atom. The number of anilines is 1. The second-order valence-electron chi connectivity index (χ2n) is 3.67. The van der Waals surface area contributed by atoms with Crippen molar-refractivity contribution >= 4 is 17.4 Å². The van der Waals surface area contributed by atoms with Crippen LogP contribution >= 0.6 is 11.8 Å². The van der Waals surface area contributed by atoms with E-state index in [-0.39, 0.29) is 4.90 Å². The molecule has 0 unspecified atom stereocenters. The molecule has 0 aliphatic rings. The van der Waals surface area contributed by atoms with Gasteiger partial charge in [0.2, 0.25) is 0 Å². The summed E-state index contributed by atoms with van der Waals surface area (Å²) in [6, 6.07) is 8.84. The van der Waals surface area contributed by atoms with Gasteiger partial charge >= 0.3 is 0 Å². The summed E-state index contributed by atoms with van der Waals surface area (Å²) in [6.45, 7) is 1.88. The molecule has 0 aliphatic carbocycles. The molecule has 0 aliphatic heterocycles. The molecule has 2 N–H and O–H groups in total. The van der Waals surface area contributed by atoms with Gasteiger partial charge in [0.05, 0.1) is 4.90 Å². The maximum Gasteiger partial charge on any atom is 0.137 e. The monoisotopic (exact) mass is 251 g/mol. The van der Waals surface area contributed by atoms with E-state index in [1.165, 1.54) is 6.07 Å². The van der Waals surface area contributed by atoms with E-state index in [1.54, 1.807) is 6.07 Å². The molecule has 0 bridgehead atoms. The van der Waals surface area contributed by atoms with Crippen molar-refractivity contribution in [3.63, 3.8) is 0 Å². The molecule has 2 aromatic carbocycles. The predicted molar refractivity (Wildman–Crippen MR) is 66.1 cm³/mol. The van der Waals surface area contributed by atoms with Crippen LogP contribution in [0.5, 0.6) is 0 Å². The van der Waals surface area contributed by atoms with Gasteiger partial charge in [0.1, 0.15) is 11.6 Å². The second kappa shape index (κ2) is 4.75. The molecule has 4 heteroatoms. The summed E-state index contributed by atoms with van der Waals surface area (Å²) in [5, 5.41) is 0. The zero-order valence-electron chi connectivity index (χ0n) is 9.21. The number of benzene rings is 2. The van der Waals surface area contributed by atoms with Crippen LogP contribution in [0.2, 0.25) is 0 Å². The summed E-state index contributed by atoms with van der Waals surface area (Å²) in [5.74, 6) is -0.903. The Kier molecular flexibility index (Phi) is 3.33. The van der Waals surface area contributed by atoms with Crippen molar-refractivity contribution in [1.29, 1.82) is 0 Å². The zero-order chi connectivity index (χ0) is 12.4. The van der Waals surface area contributed by atoms with E-state index in [0.717, 1.165) is 34.4 Å². The van der Waals surface area contributed by atoms with E-state index in [2.05, 4.69) is 0 Å². The normalized spacial score (nSPS) is 10.5. The lowest BCUT2D eigenvalue weighted by Crippen LogP contribution is -1.92. The summed E-state index contributed by atoms with van der Waals surface area (Å²) in [6.07, 6.45) is 0. The highest BCUT2D eigenvalue weighted by Crippen LogP contribution is 2.36. The van der Waals surface area contributed by atoms with Crippen LogP contribution < -0.4 is 5.73 Å². The molecular formula is C13H11F2NS. The predicted octanol–water partition coefficient (Wildman–Crippen LogP) is 4.01. The summed E-state index contributed by atoms with van der Waals surface area (Å²) in [5.41, 5.74) is 7.33. The van der Waals surface area contributed by atoms with Gasteiger partial charge in [-0.25, -0.2) is 8.78 Å². The number of nitrogen functional groups attached to an aromatic ring is 1. The number of hydrogen-bond acceptors (Lipinski definition) is 2. The van der Waals surface area contributed by atoms with E-state index in [1.807, 2.05) is 19.1 Å². The van der Waals surface area contributed by atoms with Crippen molar-refractivity contribution in [2.45, 2.75) is 16.7 Å². The minimum absolute atomic E-state index is 0.242. The lowest BCUT2D eigenvalue weighted by molar-refractivity contribution is 0.577. The SMILES string of the molecule is Cc1cccc(N)c1Sc1cc(F)ccc1F. The fourth-order valence-corrected chi connectivity index (χ4v) is 2.45. The van der Waals surface area contributed by atoms with Crippen LogP contribution in [0.3, 0.4) is 0 Å². The fourth-order valence-electron chi connectivity index (χ4n) is 1.48. The molecule has 0 saturated carbocycles. The van der Waals surface area contributed by atoms with Gasteiger partial charge in [-0.3, -0.25) is 0 Å². The van der Waals surface area contributed by atoms with E-state index >= 15 is 0 Å². The van der Waals surface area contributed by atoms with Crippen LogP contribution in [-0.4, -0.2) is 0 Å². The van der Waals surface area contributed by atoms with E-state index in [4.69, 9.17) is 5.73 Å². The molecule has 0 radical (unpaired) electrons. The van der Waals surface area contributed by atoms with Crippen LogP contribution in [0.1, 0.15) is 5.56 Å². The Bertz CT molecular complexity index is 535. The Balaban J connectivity index is 2.41. The van der Waals surface area contributed by atoms with Crippen LogP contribution in [0.25, 0.3) is 0 Å². The summed E-state index contributed by atoms with van der Waals surface area (Å²) in [4.78, 5) is 1.00. The first-order valence-corrected chi connectivity index (χ1v) is 5.87. The lowest BCUT2D eigenvalue weighted by Gasteiger charge is -2.09. The highest BCUT2D eigenvalue weighted by Gasteiger charge is 2.09. The number of halogens is 2. The maximum absolute atomic E-state index is 13.5. The molecule has 88 valence electrons. The Morgan fingerprint density at radius 3 is 2.59 bits per heavy atom. The molecule has 1 nitrogen and oxygen atoms in total. The molecule has 17 heavy (non-hydrogen) atoms. The van der Waals surface area contributed by atoms with Crippen LogP contribution in [0.15, 0.2) is 46.2 Å². The summed E-state index contributed by atoms with van der Waals surface area (Å²) >= 11 is 1.14. The first kappa shape index (κ1) is 11.9. The average Bonchev–Trinajstić information content (AvgIpc) is 2.28. The van der Waals surface area contributed by atoms with Crippen molar-refractivity contribution in [3.05, 3.63) is 53.6 Å². The number of rotatable bonds is 2. The topological polar surface area (TPSA) is 26.0 Å². The Hall–Kier alpha value is -1.55. The number of aryl methyl sites for hydroxylation is 1. The molecule has 2 aromatic rings. The van der Waals surface area contributed by atoms with Gasteiger partial charge in [-0.1, -0.05) is 23.9 Å². The Morgan fingerprint density at radius 2 is 1.88 bits per heavy atom. The molecule has 2 rings (SSSR count). The van der Waals surface area contributed by atoms with Crippen molar-refractivity contribution < 1.29 is 8.78 Å². The number of hydrogen-bond donors (Lipinski definition) is 1. The van der Waals surface area contributed by atoms with Gasteiger partial charge in [-0.05, 0) is 36.8 Å². The largest absolute Gasteiger partial charge is 0.398 e. The second-order valence-corrected chi connectivity index (χ2v) is 4.72. The van der Waals surface area contributed by atoms with Crippen molar-refractivity contribution in [3.8, 4) is 0 Å². The standard InChI is InChI=1S/C13H11F2NS/c1-8-3-2-4-11(16)13(8)17-12-7-9(14)5-6-10(12)15/h2-7H,16H2,1H3. The molecule has 0 amide bonds. The van der Waals surface area contributed by atoms with Crippen LogP contribution in [0.4, 0.5) is 14.5 Å². The molecule has 0 heterocycles. The maximum atomic E-state index is 13.5. The Labute approximate surface area is 103 Å². The summed E-state index contributed by atoms with van der Waals surface area (Å²) < 4.78 is 26.5. The van der Waals surface area contributed by atoms with Gasteiger partial charge in [-0.2, -0.15) is 0 Å². The van der Waals surface area contributed by atoms with E-state index < -0.39 is 11.6 Å². The van der Waals surface area contributed by atoms with E-state index in [0.29, 0.717) is 5.69 Å². The average molecular weight is 251 g/mol. The summed E-state index contributed by atoms with van der Waals surface area (Å²) in [7, 11) is 0. The first-order valence-electron chi connectivity index (χ1n) is 5.06. The van der Waals surface area contributed by atoms with Crippen molar-refractivity contribution in [1.82, 2.24) is 0 Å². The highest BCUT2D eigenvalue weighted by atomic mass is 32.2. The quantitative estimate of drug-likeness (QED) is 0.816. The molecule has 0 atom stereocenters. The molecule has 0 saturated heterocycles. The van der Waals surface area contributed by atoms with Gasteiger partial charge in [0, 0.05) is 10.6 Å². The molecule has 0 fully saturated rings. The molecule has 0 spiro atoms. The van der Waals surface area contributed by atoms with Gasteiger partial charge < -0.3 is 5.73 Å². The number of nitrogens with two attached hydrogens (primary N) is 1. The molecular weight excluding hydrogens is 240 g/mol. The first-order chi connectivity index (χ1) is 8.08. The van der Waals surface area contributed by atoms with Gasteiger partial charge in [-0.15, -0.1) is 0 Å². The smallest absolute Gasteiger partial charge is 0.137 e.